The van der Waals surface area contributed by atoms with Gasteiger partial charge in [-0.1, -0.05) is 0 Å². The van der Waals surface area contributed by atoms with E-state index in [0.29, 0.717) is 0 Å². The molecule has 1 rings (SSSR count). The van der Waals surface area contributed by atoms with Gasteiger partial charge in [-0.3, -0.25) is 4.79 Å². The Morgan fingerprint density at radius 2 is 1.83 bits per heavy atom. The van der Waals surface area contributed by atoms with Crippen LogP contribution in [0.25, 0.3) is 0 Å². The summed E-state index contributed by atoms with van der Waals surface area (Å²) in [4.78, 5) is 21.9. The first-order valence-electron chi connectivity index (χ1n) is 6.82. The molecule has 8 heteroatoms. The number of ether oxygens (including phenoxy) is 1. The normalized spacial score (nSPS) is 14.0. The predicted octanol–water partition coefficient (Wildman–Crippen LogP) is 1.70. The number of hydrogen-bond donors (Lipinski definition) is 3. The average Bonchev–Trinajstić information content (AvgIpc) is 2.41. The number of alkyl carbamates (subject to hydrolysis) is 1. The number of aliphatic hydroxyl groups excluding tert-OH is 2. The predicted molar refractivity (Wildman–Crippen MR) is 76.9 cm³/mol. The van der Waals surface area contributed by atoms with Crippen molar-refractivity contribution in [2.24, 2.45) is 0 Å². The van der Waals surface area contributed by atoms with Gasteiger partial charge in [-0.05, 0) is 38.5 Å². The maximum Gasteiger partial charge on any atom is 0.407 e. The summed E-state index contributed by atoms with van der Waals surface area (Å²) >= 11 is 0. The number of nitrogens with one attached hydrogen (secondary N) is 1. The van der Waals surface area contributed by atoms with Crippen LogP contribution in [0.4, 0.5) is 13.6 Å². The highest BCUT2D eigenvalue weighted by molar-refractivity contribution is 5.75. The second kappa shape index (κ2) is 7.47. The van der Waals surface area contributed by atoms with Gasteiger partial charge < -0.3 is 20.3 Å². The standard InChI is InChI=1S/C15H19F2NO5/c1-15(2,3)23-14(22)18-6-12(20)13(21)8-4-10(16)9(7-19)11(17)5-8/h4-5,7,12-13,20-21H,6H2,1-3H3,(H,18,22). The summed E-state index contributed by atoms with van der Waals surface area (Å²) in [5.41, 5.74) is -1.75. The fourth-order valence-electron chi connectivity index (χ4n) is 1.72. The molecule has 0 saturated heterocycles. The van der Waals surface area contributed by atoms with Crippen molar-refractivity contribution in [1.29, 1.82) is 0 Å². The Bertz CT molecular complexity index is 563. The fraction of sp³-hybridized carbons (Fsp3) is 0.467. The van der Waals surface area contributed by atoms with Crippen LogP contribution in [0.3, 0.4) is 0 Å². The van der Waals surface area contributed by atoms with Crippen molar-refractivity contribution in [2.45, 2.75) is 38.6 Å². The number of rotatable bonds is 5. The summed E-state index contributed by atoms with van der Waals surface area (Å²) in [6.45, 7) is 4.56. The fourth-order valence-corrected chi connectivity index (χ4v) is 1.72. The number of carbonyl (C=O) groups is 2. The number of carbonyl (C=O) groups excluding carboxylic acids is 2. The molecule has 0 aliphatic rings. The molecule has 0 radical (unpaired) electrons. The highest BCUT2D eigenvalue weighted by Crippen LogP contribution is 2.21. The maximum atomic E-state index is 13.5. The van der Waals surface area contributed by atoms with Crippen molar-refractivity contribution in [3.8, 4) is 0 Å². The first-order valence-corrected chi connectivity index (χ1v) is 6.82. The average molecular weight is 331 g/mol. The summed E-state index contributed by atoms with van der Waals surface area (Å²) in [6, 6.07) is 1.49. The van der Waals surface area contributed by atoms with Gasteiger partial charge in [-0.2, -0.15) is 0 Å². The van der Waals surface area contributed by atoms with Crippen molar-refractivity contribution in [3.63, 3.8) is 0 Å². The van der Waals surface area contributed by atoms with Crippen LogP contribution in [-0.4, -0.2) is 40.8 Å². The molecular formula is C15H19F2NO5. The summed E-state index contributed by atoms with van der Waals surface area (Å²) in [7, 11) is 0. The largest absolute Gasteiger partial charge is 0.444 e. The quantitative estimate of drug-likeness (QED) is 0.714. The minimum absolute atomic E-state index is 0.0152. The topological polar surface area (TPSA) is 95.9 Å². The van der Waals surface area contributed by atoms with Gasteiger partial charge in [0.15, 0.2) is 6.29 Å². The van der Waals surface area contributed by atoms with Gasteiger partial charge in [0.05, 0.1) is 5.56 Å². The van der Waals surface area contributed by atoms with Gasteiger partial charge in [0.1, 0.15) is 29.4 Å². The number of hydrogen-bond acceptors (Lipinski definition) is 5. The van der Waals surface area contributed by atoms with E-state index in [9.17, 15) is 28.6 Å². The zero-order chi connectivity index (χ0) is 17.8. The number of benzene rings is 1. The van der Waals surface area contributed by atoms with Crippen LogP contribution in [0.1, 0.15) is 42.8 Å². The third-order valence-corrected chi connectivity index (χ3v) is 2.78. The van der Waals surface area contributed by atoms with Crippen LogP contribution >= 0.6 is 0 Å². The highest BCUT2D eigenvalue weighted by atomic mass is 19.1. The van der Waals surface area contributed by atoms with Crippen LogP contribution in [0, 0.1) is 11.6 Å². The molecule has 1 amide bonds. The van der Waals surface area contributed by atoms with Crippen LogP contribution in [0.15, 0.2) is 12.1 Å². The van der Waals surface area contributed by atoms with Gasteiger partial charge in [0.2, 0.25) is 0 Å². The maximum absolute atomic E-state index is 13.5. The molecule has 128 valence electrons. The molecular weight excluding hydrogens is 312 g/mol. The molecule has 1 aromatic carbocycles. The van der Waals surface area contributed by atoms with E-state index in [1.807, 2.05) is 0 Å². The molecule has 2 unspecified atom stereocenters. The second-order valence-corrected chi connectivity index (χ2v) is 5.91. The molecule has 3 N–H and O–H groups in total. The lowest BCUT2D eigenvalue weighted by Crippen LogP contribution is -2.38. The smallest absolute Gasteiger partial charge is 0.407 e. The SMILES string of the molecule is CC(C)(C)OC(=O)NCC(O)C(O)c1cc(F)c(C=O)c(F)c1. The molecule has 0 aliphatic heterocycles. The van der Waals surface area contributed by atoms with Crippen LogP contribution < -0.4 is 5.32 Å². The molecule has 0 bridgehead atoms. The minimum atomic E-state index is -1.66. The summed E-state index contributed by atoms with van der Waals surface area (Å²) < 4.78 is 31.9. The molecule has 23 heavy (non-hydrogen) atoms. The molecule has 6 nitrogen and oxygen atoms in total. The number of halogens is 2. The first-order chi connectivity index (χ1) is 10.5. The number of aliphatic hydroxyl groups is 2. The Kier molecular flexibility index (Phi) is 6.17. The minimum Gasteiger partial charge on any atom is -0.444 e. The lowest BCUT2D eigenvalue weighted by molar-refractivity contribution is 0.0126. The van der Waals surface area contributed by atoms with Crippen LogP contribution in [0.5, 0.6) is 0 Å². The lowest BCUT2D eigenvalue weighted by atomic mass is 10.0. The summed E-state index contributed by atoms with van der Waals surface area (Å²) in [6.07, 6.45) is -3.98. The Labute approximate surface area is 132 Å². The zero-order valence-electron chi connectivity index (χ0n) is 13.0. The third kappa shape index (κ3) is 5.57. The van der Waals surface area contributed by atoms with Gasteiger partial charge >= 0.3 is 6.09 Å². The Balaban J connectivity index is 2.72. The van der Waals surface area contributed by atoms with E-state index in [1.54, 1.807) is 20.8 Å². The molecule has 0 heterocycles. The number of aldehydes is 1. The zero-order valence-corrected chi connectivity index (χ0v) is 13.0. The molecule has 0 saturated carbocycles. The van der Waals surface area contributed by atoms with Crippen molar-refractivity contribution in [2.75, 3.05) is 6.54 Å². The van der Waals surface area contributed by atoms with Crippen LogP contribution in [-0.2, 0) is 4.74 Å². The Hall–Kier alpha value is -2.06. The van der Waals surface area contributed by atoms with Gasteiger partial charge in [0.25, 0.3) is 0 Å². The first kappa shape index (κ1) is 19.0. The lowest BCUT2D eigenvalue weighted by Gasteiger charge is -2.22. The highest BCUT2D eigenvalue weighted by Gasteiger charge is 2.23. The summed E-state index contributed by atoms with van der Waals surface area (Å²) in [5.74, 6) is -2.30. The van der Waals surface area contributed by atoms with E-state index in [1.165, 1.54) is 0 Å². The molecule has 0 aliphatic carbocycles. The molecule has 0 fully saturated rings. The molecule has 0 aromatic heterocycles. The van der Waals surface area contributed by atoms with E-state index in [-0.39, 0.29) is 11.8 Å². The summed E-state index contributed by atoms with van der Waals surface area (Å²) in [5, 5.41) is 21.9. The Morgan fingerprint density at radius 3 is 2.26 bits per heavy atom. The van der Waals surface area contributed by atoms with E-state index in [0.717, 1.165) is 12.1 Å². The van der Waals surface area contributed by atoms with Gasteiger partial charge in [-0.15, -0.1) is 0 Å². The monoisotopic (exact) mass is 331 g/mol. The van der Waals surface area contributed by atoms with Crippen molar-refractivity contribution in [3.05, 3.63) is 34.9 Å². The van der Waals surface area contributed by atoms with Crippen LogP contribution in [0.2, 0.25) is 0 Å². The van der Waals surface area contributed by atoms with Gasteiger partial charge in [-0.25, -0.2) is 13.6 Å². The number of amides is 1. The third-order valence-electron chi connectivity index (χ3n) is 2.78. The van der Waals surface area contributed by atoms with Gasteiger partial charge in [0, 0.05) is 6.54 Å². The van der Waals surface area contributed by atoms with E-state index >= 15 is 0 Å². The van der Waals surface area contributed by atoms with Crippen molar-refractivity contribution >= 4 is 12.4 Å². The van der Waals surface area contributed by atoms with E-state index in [4.69, 9.17) is 4.74 Å². The molecule has 1 aromatic rings. The van der Waals surface area contributed by atoms with Crippen molar-refractivity contribution in [1.82, 2.24) is 5.32 Å². The Morgan fingerprint density at radius 1 is 1.30 bits per heavy atom. The van der Waals surface area contributed by atoms with E-state index < -0.39 is 47.6 Å². The molecule has 0 spiro atoms. The van der Waals surface area contributed by atoms with Crippen molar-refractivity contribution < 1.29 is 33.3 Å². The molecule has 2 atom stereocenters. The van der Waals surface area contributed by atoms with E-state index in [2.05, 4.69) is 5.32 Å². The second-order valence-electron chi connectivity index (χ2n) is 5.91.